The first-order chi connectivity index (χ1) is 15.5. The summed E-state index contributed by atoms with van der Waals surface area (Å²) in [5.41, 5.74) is 0.000905. The summed E-state index contributed by atoms with van der Waals surface area (Å²) in [6.45, 7) is 10.5. The summed E-state index contributed by atoms with van der Waals surface area (Å²) in [7, 11) is 0. The van der Waals surface area contributed by atoms with E-state index < -0.39 is 23.7 Å². The third-order valence-corrected chi connectivity index (χ3v) is 9.71. The number of rotatable bonds is 9. The van der Waals surface area contributed by atoms with Crippen LogP contribution in [0.15, 0.2) is 0 Å². The molecule has 0 radical (unpaired) electrons. The summed E-state index contributed by atoms with van der Waals surface area (Å²) < 4.78 is 0. The molecule has 1 aliphatic heterocycles. The van der Waals surface area contributed by atoms with Gasteiger partial charge >= 0.3 is 0 Å². The summed E-state index contributed by atoms with van der Waals surface area (Å²) in [5.74, 6) is -0.293. The zero-order valence-electron chi connectivity index (χ0n) is 21.1. The van der Waals surface area contributed by atoms with Crippen LogP contribution in [-0.4, -0.2) is 46.9 Å². The summed E-state index contributed by atoms with van der Waals surface area (Å²) in [6.07, 6.45) is 9.33. The molecule has 0 aromatic rings. The molecule has 0 aromatic heterocycles. The minimum absolute atomic E-state index is 0.0178. The fourth-order valence-electron chi connectivity index (χ4n) is 6.73. The van der Waals surface area contributed by atoms with Crippen LogP contribution in [0.1, 0.15) is 92.4 Å². The van der Waals surface area contributed by atoms with E-state index in [-0.39, 0.29) is 34.5 Å². The second kappa shape index (κ2) is 8.81. The van der Waals surface area contributed by atoms with Crippen molar-refractivity contribution in [3.63, 3.8) is 0 Å². The molecule has 4 rings (SSSR count). The molecule has 1 N–H and O–H groups in total. The SMILES string of the molecule is CC(=O)C(=O)[C@H](CCC1CC1)NC(=O)[C@@H]1[C@@H]2[C@H](CN1C(=O)[C@@H](C)C1(C)CCCCC1)C2(C)C. The Hall–Kier alpha value is -1.72. The van der Waals surface area contributed by atoms with Gasteiger partial charge in [-0.1, -0.05) is 59.8 Å². The smallest absolute Gasteiger partial charge is 0.243 e. The van der Waals surface area contributed by atoms with Gasteiger partial charge in [0, 0.05) is 19.4 Å². The third kappa shape index (κ3) is 4.64. The quantitative estimate of drug-likeness (QED) is 0.531. The molecule has 4 fully saturated rings. The van der Waals surface area contributed by atoms with Crippen LogP contribution in [0.5, 0.6) is 0 Å². The highest BCUT2D eigenvalue weighted by Gasteiger charge is 2.69. The van der Waals surface area contributed by atoms with E-state index in [4.69, 9.17) is 0 Å². The Labute approximate surface area is 198 Å². The van der Waals surface area contributed by atoms with Crippen molar-refractivity contribution in [2.24, 2.45) is 34.5 Å². The van der Waals surface area contributed by atoms with Gasteiger partial charge in [-0.15, -0.1) is 0 Å². The first-order valence-electron chi connectivity index (χ1n) is 13.1. The van der Waals surface area contributed by atoms with Gasteiger partial charge in [-0.05, 0) is 54.3 Å². The highest BCUT2D eigenvalue weighted by atomic mass is 16.2. The Morgan fingerprint density at radius 2 is 1.67 bits per heavy atom. The van der Waals surface area contributed by atoms with Crippen molar-refractivity contribution in [3.05, 3.63) is 0 Å². The van der Waals surface area contributed by atoms with Crippen molar-refractivity contribution in [1.82, 2.24) is 10.2 Å². The molecule has 184 valence electrons. The fraction of sp³-hybridized carbons (Fsp3) is 0.852. The van der Waals surface area contributed by atoms with Gasteiger partial charge in [0.1, 0.15) is 6.04 Å². The highest BCUT2D eigenvalue weighted by molar-refractivity contribution is 6.38. The van der Waals surface area contributed by atoms with Crippen LogP contribution < -0.4 is 5.32 Å². The summed E-state index contributed by atoms with van der Waals surface area (Å²) >= 11 is 0. The number of carbonyl (C=O) groups is 4. The van der Waals surface area contributed by atoms with E-state index in [0.29, 0.717) is 24.8 Å². The number of nitrogens with zero attached hydrogens (tertiary/aromatic N) is 1. The lowest BCUT2D eigenvalue weighted by Crippen LogP contribution is -2.56. The third-order valence-electron chi connectivity index (χ3n) is 9.71. The first-order valence-corrected chi connectivity index (χ1v) is 13.1. The summed E-state index contributed by atoms with van der Waals surface area (Å²) in [5, 5.41) is 2.93. The number of carbonyl (C=O) groups excluding carboxylic acids is 4. The molecule has 0 aromatic carbocycles. The number of piperidine rings is 1. The molecule has 2 amide bonds. The van der Waals surface area contributed by atoms with Gasteiger partial charge in [0.05, 0.1) is 6.04 Å². The van der Waals surface area contributed by atoms with Crippen LogP contribution in [0.4, 0.5) is 0 Å². The van der Waals surface area contributed by atoms with E-state index in [1.165, 1.54) is 13.3 Å². The minimum Gasteiger partial charge on any atom is -0.344 e. The van der Waals surface area contributed by atoms with Crippen LogP contribution in [0.3, 0.4) is 0 Å². The van der Waals surface area contributed by atoms with Gasteiger partial charge in [-0.2, -0.15) is 0 Å². The average Bonchev–Trinajstić information content (AvgIpc) is 3.63. The fourth-order valence-corrected chi connectivity index (χ4v) is 6.73. The lowest BCUT2D eigenvalue weighted by Gasteiger charge is -2.41. The van der Waals surface area contributed by atoms with Crippen molar-refractivity contribution in [2.45, 2.75) is 104 Å². The van der Waals surface area contributed by atoms with Crippen molar-refractivity contribution in [3.8, 4) is 0 Å². The molecule has 4 aliphatic rings. The number of fused-ring (bicyclic) bond motifs is 1. The maximum atomic E-state index is 13.7. The molecule has 0 bridgehead atoms. The van der Waals surface area contributed by atoms with Crippen molar-refractivity contribution in [2.75, 3.05) is 6.54 Å². The molecular formula is C27H42N2O4. The number of nitrogens with one attached hydrogen (secondary N) is 1. The number of amides is 2. The van der Waals surface area contributed by atoms with Gasteiger partial charge in [0.15, 0.2) is 5.78 Å². The van der Waals surface area contributed by atoms with Crippen LogP contribution in [-0.2, 0) is 19.2 Å². The molecule has 1 saturated heterocycles. The number of Topliss-reactive ketones (excluding diaryl/α,β-unsaturated/α-hetero) is 2. The van der Waals surface area contributed by atoms with Gasteiger partial charge in [0.2, 0.25) is 17.6 Å². The number of ketones is 2. The largest absolute Gasteiger partial charge is 0.344 e. The van der Waals surface area contributed by atoms with Crippen LogP contribution >= 0.6 is 0 Å². The van der Waals surface area contributed by atoms with Gasteiger partial charge in [-0.25, -0.2) is 0 Å². The normalized spacial score (nSPS) is 31.3. The van der Waals surface area contributed by atoms with Gasteiger partial charge in [-0.3, -0.25) is 19.2 Å². The van der Waals surface area contributed by atoms with E-state index in [1.54, 1.807) is 0 Å². The number of hydrogen-bond acceptors (Lipinski definition) is 4. The van der Waals surface area contributed by atoms with Crippen molar-refractivity contribution >= 4 is 23.4 Å². The van der Waals surface area contributed by atoms with Gasteiger partial charge in [0.25, 0.3) is 0 Å². The molecule has 6 nitrogen and oxygen atoms in total. The molecule has 0 unspecified atom stereocenters. The lowest BCUT2D eigenvalue weighted by atomic mass is 9.67. The highest BCUT2D eigenvalue weighted by Crippen LogP contribution is 2.65. The number of hydrogen-bond donors (Lipinski definition) is 1. The Kier molecular flexibility index (Phi) is 6.52. The first kappa shape index (κ1) is 24.4. The average molecular weight is 459 g/mol. The van der Waals surface area contributed by atoms with E-state index >= 15 is 0 Å². The Balaban J connectivity index is 1.50. The van der Waals surface area contributed by atoms with Gasteiger partial charge < -0.3 is 10.2 Å². The maximum absolute atomic E-state index is 13.7. The van der Waals surface area contributed by atoms with Crippen LogP contribution in [0.25, 0.3) is 0 Å². The topological polar surface area (TPSA) is 83.6 Å². The van der Waals surface area contributed by atoms with E-state index in [9.17, 15) is 19.2 Å². The molecule has 1 heterocycles. The monoisotopic (exact) mass is 458 g/mol. The molecular weight excluding hydrogens is 416 g/mol. The number of likely N-dealkylation sites (tertiary alicyclic amines) is 1. The summed E-state index contributed by atoms with van der Waals surface area (Å²) in [6, 6.07) is -1.32. The second-order valence-electron chi connectivity index (χ2n) is 12.3. The Morgan fingerprint density at radius 3 is 2.24 bits per heavy atom. The minimum atomic E-state index is -0.776. The van der Waals surface area contributed by atoms with E-state index in [2.05, 4.69) is 26.1 Å². The standard InChI is InChI=1S/C27H42N2O4/c1-16(27(5)13-7-6-8-14-27)25(33)29-15-19-21(26(19,3)4)22(29)24(32)28-20(23(31)17(2)30)12-11-18-9-10-18/h16,18-22H,6-15H2,1-5H3,(H,28,32)/t16-,19+,20+,21+,22+/m1/s1. The molecule has 33 heavy (non-hydrogen) atoms. The molecule has 3 saturated carbocycles. The second-order valence-corrected chi connectivity index (χ2v) is 12.3. The van der Waals surface area contributed by atoms with Crippen molar-refractivity contribution < 1.29 is 19.2 Å². The maximum Gasteiger partial charge on any atom is 0.243 e. The predicted octanol–water partition coefficient (Wildman–Crippen LogP) is 3.91. The Morgan fingerprint density at radius 1 is 1.03 bits per heavy atom. The lowest BCUT2D eigenvalue weighted by molar-refractivity contribution is -0.147. The molecule has 3 aliphatic carbocycles. The predicted molar refractivity (Wildman–Crippen MR) is 126 cm³/mol. The molecule has 0 spiro atoms. The van der Waals surface area contributed by atoms with Crippen LogP contribution in [0.2, 0.25) is 0 Å². The zero-order chi connectivity index (χ0) is 24.1. The molecule has 5 atom stereocenters. The van der Waals surface area contributed by atoms with Crippen LogP contribution in [0, 0.1) is 34.5 Å². The molecule has 6 heteroatoms. The summed E-state index contributed by atoms with van der Waals surface area (Å²) in [4.78, 5) is 53.5. The Bertz CT molecular complexity index is 824. The van der Waals surface area contributed by atoms with E-state index in [1.807, 2.05) is 11.8 Å². The van der Waals surface area contributed by atoms with E-state index in [0.717, 1.165) is 44.9 Å². The van der Waals surface area contributed by atoms with Crippen molar-refractivity contribution in [1.29, 1.82) is 0 Å². The zero-order valence-corrected chi connectivity index (χ0v) is 21.1.